The Labute approximate surface area is 144 Å². The molecule has 0 N–H and O–H groups in total. The number of rotatable bonds is 13. The van der Waals surface area contributed by atoms with Gasteiger partial charge in [0.2, 0.25) is 0 Å². The molecular weight excluding hydrogens is 296 g/mol. The zero-order valence-electron chi connectivity index (χ0n) is 16.8. The van der Waals surface area contributed by atoms with Crippen molar-refractivity contribution in [3.63, 3.8) is 0 Å². The van der Waals surface area contributed by atoms with E-state index in [4.69, 9.17) is 0 Å². The molecule has 2 heteroatoms. The largest absolute Gasteiger partial charge is 0.0909 e. The fraction of sp³-hybridized carbons (Fsp3) is 0.900. The quantitative estimate of drug-likeness (QED) is 0.235. The molecule has 0 rings (SSSR count). The van der Waals surface area contributed by atoms with Crippen LogP contribution in [0.1, 0.15) is 61.3 Å². The lowest BCUT2D eigenvalue weighted by atomic mass is 10.1. The SMILES string of the molecule is CC[Si](CC)(CC)C/C=C/C(C)CCC[Si](CC)(CC)CC. The molecule has 0 amide bonds. The van der Waals surface area contributed by atoms with Crippen LogP contribution < -0.4 is 0 Å². The van der Waals surface area contributed by atoms with E-state index in [2.05, 4.69) is 60.6 Å². The Kier molecular flexibility index (Phi) is 11.8. The molecule has 0 heterocycles. The summed E-state index contributed by atoms with van der Waals surface area (Å²) in [4.78, 5) is 0. The van der Waals surface area contributed by atoms with Crippen LogP contribution in [0.2, 0.25) is 48.4 Å². The highest BCUT2D eigenvalue weighted by molar-refractivity contribution is 6.80. The standard InChI is InChI=1S/C20H44Si2/c1-8-21(9-2,10-3)18-14-16-20(7)17-15-19-22(11-4,12-5)13-6/h14,16,20H,8-13,15,17-19H2,1-7H3/b16-14+. The van der Waals surface area contributed by atoms with Crippen LogP contribution in [0.4, 0.5) is 0 Å². The van der Waals surface area contributed by atoms with Gasteiger partial charge in [0.15, 0.2) is 0 Å². The summed E-state index contributed by atoms with van der Waals surface area (Å²) in [6.07, 6.45) is 7.96. The van der Waals surface area contributed by atoms with Gasteiger partial charge in [0, 0.05) is 0 Å². The third-order valence-corrected chi connectivity index (χ3v) is 18.4. The Balaban J connectivity index is 4.24. The highest BCUT2D eigenvalue weighted by atomic mass is 28.3. The molecule has 0 aromatic rings. The van der Waals surface area contributed by atoms with Crippen LogP contribution in [0.5, 0.6) is 0 Å². The molecule has 0 aromatic heterocycles. The van der Waals surface area contributed by atoms with E-state index >= 15 is 0 Å². The van der Waals surface area contributed by atoms with Crippen molar-refractivity contribution in [1.29, 1.82) is 0 Å². The Morgan fingerprint density at radius 2 is 1.18 bits per heavy atom. The molecule has 0 aliphatic rings. The van der Waals surface area contributed by atoms with E-state index in [1.165, 1.54) is 55.2 Å². The van der Waals surface area contributed by atoms with Crippen LogP contribution in [0, 0.1) is 5.92 Å². The summed E-state index contributed by atoms with van der Waals surface area (Å²) >= 11 is 0. The van der Waals surface area contributed by atoms with E-state index in [9.17, 15) is 0 Å². The molecule has 1 atom stereocenters. The minimum Gasteiger partial charge on any atom is -0.0909 e. The molecule has 0 radical (unpaired) electrons. The molecule has 0 spiro atoms. The molecule has 1 unspecified atom stereocenters. The summed E-state index contributed by atoms with van der Waals surface area (Å²) in [6.45, 7) is 17.0. The molecule has 0 saturated carbocycles. The first-order chi connectivity index (χ1) is 10.5. The minimum absolute atomic E-state index is 0.787. The van der Waals surface area contributed by atoms with Gasteiger partial charge in [0.05, 0.1) is 16.1 Å². The van der Waals surface area contributed by atoms with E-state index < -0.39 is 16.1 Å². The molecule has 0 aromatic carbocycles. The van der Waals surface area contributed by atoms with Gasteiger partial charge in [-0.1, -0.05) is 109 Å². The van der Waals surface area contributed by atoms with Crippen molar-refractivity contribution < 1.29 is 0 Å². The van der Waals surface area contributed by atoms with Gasteiger partial charge in [-0.05, 0) is 18.4 Å². The van der Waals surface area contributed by atoms with Gasteiger partial charge in [-0.15, -0.1) is 0 Å². The summed E-state index contributed by atoms with van der Waals surface area (Å²) in [5.74, 6) is 0.787. The lowest BCUT2D eigenvalue weighted by molar-refractivity contribution is 0.627. The first kappa shape index (κ1) is 22.2. The molecule has 0 aliphatic heterocycles. The third kappa shape index (κ3) is 7.16. The molecule has 132 valence electrons. The second kappa shape index (κ2) is 11.7. The predicted octanol–water partition coefficient (Wildman–Crippen LogP) is 7.98. The highest BCUT2D eigenvalue weighted by Crippen LogP contribution is 2.29. The van der Waals surface area contributed by atoms with E-state index in [1.807, 2.05) is 0 Å². The fourth-order valence-corrected chi connectivity index (χ4v) is 10.4. The van der Waals surface area contributed by atoms with Gasteiger partial charge in [-0.3, -0.25) is 0 Å². The molecule has 0 nitrogen and oxygen atoms in total. The molecule has 0 saturated heterocycles. The van der Waals surface area contributed by atoms with Gasteiger partial charge in [0.1, 0.15) is 0 Å². The predicted molar refractivity (Wildman–Crippen MR) is 112 cm³/mol. The summed E-state index contributed by atoms with van der Waals surface area (Å²) in [7, 11) is -1.82. The smallest absolute Gasteiger partial charge is 0.0565 e. The van der Waals surface area contributed by atoms with Crippen LogP contribution in [0.15, 0.2) is 12.2 Å². The van der Waals surface area contributed by atoms with Gasteiger partial charge in [-0.2, -0.15) is 0 Å². The molecule has 0 bridgehead atoms. The maximum Gasteiger partial charge on any atom is 0.0565 e. The number of allylic oxidation sites excluding steroid dienone is 2. The molecule has 22 heavy (non-hydrogen) atoms. The van der Waals surface area contributed by atoms with Gasteiger partial charge in [-0.25, -0.2) is 0 Å². The zero-order chi connectivity index (χ0) is 17.1. The van der Waals surface area contributed by atoms with Crippen molar-refractivity contribution in [2.45, 2.75) is 110 Å². The Hall–Kier alpha value is 0.174. The second-order valence-corrected chi connectivity index (χ2v) is 18.8. The number of hydrogen-bond acceptors (Lipinski definition) is 0. The van der Waals surface area contributed by atoms with E-state index in [0.29, 0.717) is 0 Å². The van der Waals surface area contributed by atoms with E-state index in [1.54, 1.807) is 6.04 Å². The van der Waals surface area contributed by atoms with E-state index in [-0.39, 0.29) is 0 Å². The number of hydrogen-bond donors (Lipinski definition) is 0. The lowest BCUT2D eigenvalue weighted by Crippen LogP contribution is -2.30. The van der Waals surface area contributed by atoms with Crippen LogP contribution in [-0.2, 0) is 0 Å². The average molecular weight is 341 g/mol. The Morgan fingerprint density at radius 3 is 1.59 bits per heavy atom. The van der Waals surface area contributed by atoms with Crippen molar-refractivity contribution in [3.05, 3.63) is 12.2 Å². The molecule has 0 aliphatic carbocycles. The second-order valence-electron chi connectivity index (χ2n) is 7.62. The van der Waals surface area contributed by atoms with Crippen molar-refractivity contribution in [1.82, 2.24) is 0 Å². The normalized spacial score (nSPS) is 14.7. The topological polar surface area (TPSA) is 0 Å². The van der Waals surface area contributed by atoms with E-state index in [0.717, 1.165) is 5.92 Å². The zero-order valence-corrected chi connectivity index (χ0v) is 18.8. The van der Waals surface area contributed by atoms with Gasteiger partial charge >= 0.3 is 0 Å². The average Bonchev–Trinajstić information content (AvgIpc) is 2.56. The maximum atomic E-state index is 2.55. The lowest BCUT2D eigenvalue weighted by Gasteiger charge is -2.28. The summed E-state index contributed by atoms with van der Waals surface area (Å²) in [5.41, 5.74) is 0. The molecule has 0 fully saturated rings. The van der Waals surface area contributed by atoms with Gasteiger partial charge < -0.3 is 0 Å². The maximum absolute atomic E-state index is 2.55. The van der Waals surface area contributed by atoms with Crippen molar-refractivity contribution in [2.24, 2.45) is 5.92 Å². The minimum atomic E-state index is -0.943. The molecular formula is C20H44Si2. The van der Waals surface area contributed by atoms with Gasteiger partial charge in [0.25, 0.3) is 0 Å². The first-order valence-corrected chi connectivity index (χ1v) is 15.8. The summed E-state index contributed by atoms with van der Waals surface area (Å²) in [5, 5.41) is 0. The van der Waals surface area contributed by atoms with Crippen LogP contribution in [0.25, 0.3) is 0 Å². The first-order valence-electron chi connectivity index (χ1n) is 10.1. The van der Waals surface area contributed by atoms with Crippen LogP contribution in [0.3, 0.4) is 0 Å². The fourth-order valence-electron chi connectivity index (χ4n) is 3.91. The van der Waals surface area contributed by atoms with Crippen LogP contribution in [-0.4, -0.2) is 16.1 Å². The summed E-state index contributed by atoms with van der Waals surface area (Å²) in [6, 6.07) is 11.8. The van der Waals surface area contributed by atoms with Crippen molar-refractivity contribution in [2.75, 3.05) is 0 Å². The Bertz CT molecular complexity index is 272. The highest BCUT2D eigenvalue weighted by Gasteiger charge is 2.26. The monoisotopic (exact) mass is 340 g/mol. The third-order valence-electron chi connectivity index (χ3n) is 6.88. The van der Waals surface area contributed by atoms with Crippen molar-refractivity contribution in [3.8, 4) is 0 Å². The van der Waals surface area contributed by atoms with Crippen molar-refractivity contribution >= 4 is 16.1 Å². The van der Waals surface area contributed by atoms with Crippen LogP contribution >= 0.6 is 0 Å². The Morgan fingerprint density at radius 1 is 0.727 bits per heavy atom. The summed E-state index contributed by atoms with van der Waals surface area (Å²) < 4.78 is 0.